The molecule has 0 unspecified atom stereocenters. The lowest BCUT2D eigenvalue weighted by Gasteiger charge is -2.10. The number of carbonyl (C=O) groups is 1. The van der Waals surface area contributed by atoms with Gasteiger partial charge in [-0.3, -0.25) is 9.52 Å². The highest BCUT2D eigenvalue weighted by Gasteiger charge is 2.14. The second kappa shape index (κ2) is 8.05. The van der Waals surface area contributed by atoms with Gasteiger partial charge in [0.25, 0.3) is 15.9 Å². The third kappa shape index (κ3) is 4.95. The van der Waals surface area contributed by atoms with Gasteiger partial charge in [0.1, 0.15) is 0 Å². The highest BCUT2D eigenvalue weighted by atomic mass is 32.2. The molecule has 27 heavy (non-hydrogen) atoms. The van der Waals surface area contributed by atoms with Gasteiger partial charge >= 0.3 is 0 Å². The third-order valence-electron chi connectivity index (χ3n) is 4.00. The zero-order valence-corrected chi connectivity index (χ0v) is 15.7. The molecular weight excluding hydrogens is 360 g/mol. The van der Waals surface area contributed by atoms with Crippen molar-refractivity contribution in [3.63, 3.8) is 0 Å². The van der Waals surface area contributed by atoms with Crippen LogP contribution in [-0.2, 0) is 16.6 Å². The first-order valence-corrected chi connectivity index (χ1v) is 9.94. The van der Waals surface area contributed by atoms with Gasteiger partial charge in [0, 0.05) is 17.8 Å². The predicted molar refractivity (Wildman–Crippen MR) is 106 cm³/mol. The molecule has 0 radical (unpaired) electrons. The van der Waals surface area contributed by atoms with Crippen molar-refractivity contribution in [1.29, 1.82) is 0 Å². The maximum absolute atomic E-state index is 12.4. The summed E-state index contributed by atoms with van der Waals surface area (Å²) in [6, 6.07) is 22.4. The van der Waals surface area contributed by atoms with E-state index in [0.29, 0.717) is 17.8 Å². The summed E-state index contributed by atoms with van der Waals surface area (Å²) in [5.41, 5.74) is 2.87. The first-order chi connectivity index (χ1) is 12.9. The number of aryl methyl sites for hydroxylation is 1. The number of hydrogen-bond acceptors (Lipinski definition) is 3. The van der Waals surface area contributed by atoms with Gasteiger partial charge in [0.2, 0.25) is 0 Å². The van der Waals surface area contributed by atoms with Gasteiger partial charge in [-0.2, -0.15) is 0 Å². The van der Waals surface area contributed by atoms with Crippen LogP contribution >= 0.6 is 0 Å². The Balaban J connectivity index is 1.69. The van der Waals surface area contributed by atoms with Crippen molar-refractivity contribution >= 4 is 21.6 Å². The minimum atomic E-state index is -3.70. The van der Waals surface area contributed by atoms with Crippen LogP contribution in [0.4, 0.5) is 5.69 Å². The van der Waals surface area contributed by atoms with Crippen molar-refractivity contribution in [3.8, 4) is 0 Å². The van der Waals surface area contributed by atoms with Crippen molar-refractivity contribution in [1.82, 2.24) is 5.32 Å². The standard InChI is InChI=1S/C21H20N2O3S/c1-16-10-12-17(13-11-16)15-22-21(24)18-6-5-7-19(14-18)23-27(25,26)20-8-3-2-4-9-20/h2-14,23H,15H2,1H3,(H,22,24). The highest BCUT2D eigenvalue weighted by molar-refractivity contribution is 7.92. The number of anilines is 1. The van der Waals surface area contributed by atoms with Crippen molar-refractivity contribution < 1.29 is 13.2 Å². The third-order valence-corrected chi connectivity index (χ3v) is 5.40. The fraction of sp³-hybridized carbons (Fsp3) is 0.0952. The van der Waals surface area contributed by atoms with Gasteiger partial charge in [0.15, 0.2) is 0 Å². The van der Waals surface area contributed by atoms with Gasteiger partial charge in [-0.1, -0.05) is 54.1 Å². The van der Waals surface area contributed by atoms with E-state index in [1.54, 1.807) is 36.4 Å². The summed E-state index contributed by atoms with van der Waals surface area (Å²) in [7, 11) is -3.70. The van der Waals surface area contributed by atoms with Crippen LogP contribution in [0.5, 0.6) is 0 Å². The molecule has 0 spiro atoms. The van der Waals surface area contributed by atoms with Crippen LogP contribution in [0.25, 0.3) is 0 Å². The minimum absolute atomic E-state index is 0.166. The molecule has 0 aliphatic rings. The van der Waals surface area contributed by atoms with Gasteiger partial charge < -0.3 is 5.32 Å². The summed E-state index contributed by atoms with van der Waals surface area (Å²) < 4.78 is 27.3. The number of amides is 1. The molecule has 3 aromatic rings. The summed E-state index contributed by atoms with van der Waals surface area (Å²) in [5, 5.41) is 2.84. The summed E-state index contributed by atoms with van der Waals surface area (Å²) in [5.74, 6) is -0.267. The summed E-state index contributed by atoms with van der Waals surface area (Å²) in [6.45, 7) is 2.41. The van der Waals surface area contributed by atoms with Crippen LogP contribution in [0.3, 0.4) is 0 Å². The number of carbonyl (C=O) groups excluding carboxylic acids is 1. The highest BCUT2D eigenvalue weighted by Crippen LogP contribution is 2.17. The molecule has 2 N–H and O–H groups in total. The van der Waals surface area contributed by atoms with Gasteiger partial charge in [-0.05, 0) is 42.8 Å². The molecule has 5 nitrogen and oxygen atoms in total. The lowest BCUT2D eigenvalue weighted by Crippen LogP contribution is -2.23. The summed E-state index contributed by atoms with van der Waals surface area (Å²) >= 11 is 0. The molecule has 0 saturated carbocycles. The van der Waals surface area contributed by atoms with E-state index in [-0.39, 0.29) is 10.8 Å². The fourth-order valence-electron chi connectivity index (χ4n) is 2.53. The van der Waals surface area contributed by atoms with Crippen LogP contribution < -0.4 is 10.0 Å². The van der Waals surface area contributed by atoms with Gasteiger partial charge in [-0.25, -0.2) is 8.42 Å². The molecule has 0 bridgehead atoms. The second-order valence-corrected chi connectivity index (χ2v) is 7.85. The quantitative estimate of drug-likeness (QED) is 0.684. The van der Waals surface area contributed by atoms with E-state index >= 15 is 0 Å². The van der Waals surface area contributed by atoms with E-state index in [9.17, 15) is 13.2 Å². The molecule has 6 heteroatoms. The summed E-state index contributed by atoms with van der Waals surface area (Å²) in [4.78, 5) is 12.6. The molecule has 3 aromatic carbocycles. The van der Waals surface area contributed by atoms with Crippen LogP contribution in [0.15, 0.2) is 83.8 Å². The largest absolute Gasteiger partial charge is 0.348 e. The monoisotopic (exact) mass is 380 g/mol. The molecule has 0 atom stereocenters. The van der Waals surface area contributed by atoms with Crippen LogP contribution in [0, 0.1) is 6.92 Å². The maximum atomic E-state index is 12.4. The SMILES string of the molecule is Cc1ccc(CNC(=O)c2cccc(NS(=O)(=O)c3ccccc3)c2)cc1. The molecule has 1 amide bonds. The lowest BCUT2D eigenvalue weighted by molar-refractivity contribution is 0.0951. The van der Waals surface area contributed by atoms with E-state index < -0.39 is 10.0 Å². The number of benzene rings is 3. The van der Waals surface area contributed by atoms with E-state index in [4.69, 9.17) is 0 Å². The van der Waals surface area contributed by atoms with Crippen molar-refractivity contribution in [2.24, 2.45) is 0 Å². The zero-order chi connectivity index (χ0) is 19.3. The number of rotatable bonds is 6. The lowest BCUT2D eigenvalue weighted by atomic mass is 10.1. The maximum Gasteiger partial charge on any atom is 0.261 e. The van der Waals surface area contributed by atoms with Crippen LogP contribution in [-0.4, -0.2) is 14.3 Å². The number of nitrogens with one attached hydrogen (secondary N) is 2. The molecule has 3 rings (SSSR count). The van der Waals surface area contributed by atoms with Crippen LogP contribution in [0.1, 0.15) is 21.5 Å². The average Bonchev–Trinajstić information content (AvgIpc) is 2.68. The molecule has 0 fully saturated rings. The van der Waals surface area contributed by atoms with Crippen molar-refractivity contribution in [2.45, 2.75) is 18.4 Å². The fourth-order valence-corrected chi connectivity index (χ4v) is 3.60. The Morgan fingerprint density at radius 1 is 0.889 bits per heavy atom. The van der Waals surface area contributed by atoms with E-state index in [2.05, 4.69) is 10.0 Å². The Hall–Kier alpha value is -3.12. The molecule has 0 aliphatic heterocycles. The Morgan fingerprint density at radius 3 is 2.30 bits per heavy atom. The summed E-state index contributed by atoms with van der Waals surface area (Å²) in [6.07, 6.45) is 0. The van der Waals surface area contributed by atoms with Crippen molar-refractivity contribution in [2.75, 3.05) is 4.72 Å². The first kappa shape index (κ1) is 18.7. The van der Waals surface area contributed by atoms with E-state index in [0.717, 1.165) is 11.1 Å². The Morgan fingerprint density at radius 2 is 1.59 bits per heavy atom. The molecule has 0 aromatic heterocycles. The smallest absolute Gasteiger partial charge is 0.261 e. The molecule has 0 heterocycles. The minimum Gasteiger partial charge on any atom is -0.348 e. The average molecular weight is 380 g/mol. The van der Waals surface area contributed by atoms with Gasteiger partial charge in [-0.15, -0.1) is 0 Å². The van der Waals surface area contributed by atoms with Gasteiger partial charge in [0.05, 0.1) is 4.90 Å². The molecule has 138 valence electrons. The Labute approximate surface area is 159 Å². The first-order valence-electron chi connectivity index (χ1n) is 8.46. The van der Waals surface area contributed by atoms with Crippen molar-refractivity contribution in [3.05, 3.63) is 95.6 Å². The zero-order valence-electron chi connectivity index (χ0n) is 14.8. The van der Waals surface area contributed by atoms with Crippen LogP contribution in [0.2, 0.25) is 0 Å². The topological polar surface area (TPSA) is 75.3 Å². The Bertz CT molecular complexity index is 1030. The number of hydrogen-bond donors (Lipinski definition) is 2. The predicted octanol–water partition coefficient (Wildman–Crippen LogP) is 3.73. The molecule has 0 aliphatic carbocycles. The van der Waals surface area contributed by atoms with E-state index in [1.807, 2.05) is 31.2 Å². The van der Waals surface area contributed by atoms with E-state index in [1.165, 1.54) is 18.2 Å². The number of sulfonamides is 1. The Kier molecular flexibility index (Phi) is 5.57. The second-order valence-electron chi connectivity index (χ2n) is 6.17. The molecular formula is C21H20N2O3S. The normalized spacial score (nSPS) is 11.0. The molecule has 0 saturated heterocycles.